The molecule has 0 bridgehead atoms. The predicted molar refractivity (Wildman–Crippen MR) is 102 cm³/mol. The SMILES string of the molecule is COc1ccc(Oc2c(Br)cc(CC(N)=O)cc2Br)cc1C(C)C. The molecule has 0 aliphatic heterocycles. The van der Waals surface area contributed by atoms with E-state index in [1.807, 2.05) is 30.3 Å². The van der Waals surface area contributed by atoms with Gasteiger partial charge in [0.15, 0.2) is 5.75 Å². The number of nitrogens with two attached hydrogens (primary N) is 1. The molecule has 128 valence electrons. The minimum atomic E-state index is -0.376. The molecule has 2 rings (SSSR count). The Bertz CT molecular complexity index is 737. The maximum absolute atomic E-state index is 11.1. The summed E-state index contributed by atoms with van der Waals surface area (Å²) < 4.78 is 12.9. The van der Waals surface area contributed by atoms with Gasteiger partial charge in [-0.1, -0.05) is 13.8 Å². The zero-order valence-electron chi connectivity index (χ0n) is 13.7. The number of ether oxygens (including phenoxy) is 2. The number of carbonyl (C=O) groups excluding carboxylic acids is 1. The van der Waals surface area contributed by atoms with Crippen LogP contribution >= 0.6 is 31.9 Å². The van der Waals surface area contributed by atoms with E-state index < -0.39 is 0 Å². The van der Waals surface area contributed by atoms with Crippen molar-refractivity contribution in [1.82, 2.24) is 0 Å². The summed E-state index contributed by atoms with van der Waals surface area (Å²) in [4.78, 5) is 11.1. The molecule has 1 amide bonds. The molecule has 0 fully saturated rings. The second-order valence-corrected chi connectivity index (χ2v) is 7.40. The van der Waals surface area contributed by atoms with Crippen LogP contribution in [0.1, 0.15) is 30.9 Å². The standard InChI is InChI=1S/C18H19Br2NO3/c1-10(2)13-9-12(4-5-16(13)23-3)24-18-14(19)6-11(7-15(18)20)8-17(21)22/h4-7,9-10H,8H2,1-3H3,(H2,21,22). The monoisotopic (exact) mass is 455 g/mol. The topological polar surface area (TPSA) is 61.6 Å². The van der Waals surface area contributed by atoms with Crippen LogP contribution in [0.2, 0.25) is 0 Å². The molecule has 4 nitrogen and oxygen atoms in total. The van der Waals surface area contributed by atoms with Crippen molar-refractivity contribution in [1.29, 1.82) is 0 Å². The zero-order valence-corrected chi connectivity index (χ0v) is 16.9. The summed E-state index contributed by atoms with van der Waals surface area (Å²) in [5.74, 6) is 2.13. The second kappa shape index (κ2) is 8.03. The van der Waals surface area contributed by atoms with E-state index >= 15 is 0 Å². The van der Waals surface area contributed by atoms with E-state index in [9.17, 15) is 4.79 Å². The lowest BCUT2D eigenvalue weighted by Crippen LogP contribution is -2.13. The van der Waals surface area contributed by atoms with E-state index in [-0.39, 0.29) is 12.3 Å². The van der Waals surface area contributed by atoms with Gasteiger partial charge in [-0.15, -0.1) is 0 Å². The van der Waals surface area contributed by atoms with E-state index in [1.165, 1.54) is 0 Å². The van der Waals surface area contributed by atoms with Gasteiger partial charge >= 0.3 is 0 Å². The number of methoxy groups -OCH3 is 1. The van der Waals surface area contributed by atoms with Crippen molar-refractivity contribution >= 4 is 37.8 Å². The smallest absolute Gasteiger partial charge is 0.221 e. The summed E-state index contributed by atoms with van der Waals surface area (Å²) in [5.41, 5.74) is 7.13. The average Bonchev–Trinajstić information content (AvgIpc) is 2.50. The number of carbonyl (C=O) groups is 1. The number of hydrogen-bond donors (Lipinski definition) is 1. The van der Waals surface area contributed by atoms with Crippen molar-refractivity contribution in [3.8, 4) is 17.2 Å². The summed E-state index contributed by atoms with van der Waals surface area (Å²) in [5, 5.41) is 0. The van der Waals surface area contributed by atoms with Crippen LogP contribution in [-0.4, -0.2) is 13.0 Å². The molecule has 0 aliphatic carbocycles. The highest BCUT2D eigenvalue weighted by atomic mass is 79.9. The quantitative estimate of drug-likeness (QED) is 0.652. The lowest BCUT2D eigenvalue weighted by molar-refractivity contribution is -0.117. The van der Waals surface area contributed by atoms with E-state index in [0.29, 0.717) is 17.4 Å². The van der Waals surface area contributed by atoms with Gasteiger partial charge in [0.2, 0.25) is 5.91 Å². The van der Waals surface area contributed by atoms with Gasteiger partial charge in [-0.05, 0) is 73.7 Å². The van der Waals surface area contributed by atoms with Crippen molar-refractivity contribution in [2.45, 2.75) is 26.2 Å². The Balaban J connectivity index is 2.34. The van der Waals surface area contributed by atoms with Crippen LogP contribution in [0, 0.1) is 0 Å². The first-order valence-electron chi connectivity index (χ1n) is 7.43. The third kappa shape index (κ3) is 4.51. The van der Waals surface area contributed by atoms with Crippen molar-refractivity contribution in [3.05, 3.63) is 50.4 Å². The van der Waals surface area contributed by atoms with Gasteiger partial charge in [-0.3, -0.25) is 4.79 Å². The summed E-state index contributed by atoms with van der Waals surface area (Å²) >= 11 is 6.98. The normalized spacial score (nSPS) is 10.8. The molecule has 0 spiro atoms. The number of amides is 1. The van der Waals surface area contributed by atoms with E-state index in [1.54, 1.807) is 7.11 Å². The molecule has 0 aromatic heterocycles. The molecule has 0 saturated carbocycles. The van der Waals surface area contributed by atoms with Crippen molar-refractivity contribution < 1.29 is 14.3 Å². The van der Waals surface area contributed by atoms with Crippen molar-refractivity contribution in [2.75, 3.05) is 7.11 Å². The van der Waals surface area contributed by atoms with Gasteiger partial charge < -0.3 is 15.2 Å². The number of rotatable bonds is 6. The molecule has 24 heavy (non-hydrogen) atoms. The third-order valence-electron chi connectivity index (χ3n) is 3.48. The van der Waals surface area contributed by atoms with E-state index in [2.05, 4.69) is 45.7 Å². The number of benzene rings is 2. The Morgan fingerprint density at radius 2 is 1.79 bits per heavy atom. The minimum absolute atomic E-state index is 0.178. The molecule has 0 radical (unpaired) electrons. The number of halogens is 2. The maximum atomic E-state index is 11.1. The molecule has 6 heteroatoms. The van der Waals surface area contributed by atoms with Crippen LogP contribution < -0.4 is 15.2 Å². The molecule has 0 atom stereocenters. The van der Waals surface area contributed by atoms with Crippen LogP contribution in [0.15, 0.2) is 39.3 Å². The molecule has 2 aromatic carbocycles. The van der Waals surface area contributed by atoms with Crippen LogP contribution in [0.4, 0.5) is 0 Å². The number of primary amides is 1. The Hall–Kier alpha value is -1.53. The van der Waals surface area contributed by atoms with Gasteiger partial charge in [0, 0.05) is 5.56 Å². The van der Waals surface area contributed by atoms with Gasteiger partial charge in [0.1, 0.15) is 11.5 Å². The van der Waals surface area contributed by atoms with Crippen LogP contribution in [0.3, 0.4) is 0 Å². The van der Waals surface area contributed by atoms with Crippen LogP contribution in [-0.2, 0) is 11.2 Å². The first-order valence-corrected chi connectivity index (χ1v) is 9.02. The predicted octanol–water partition coefficient (Wildman–Crippen LogP) is 5.16. The first-order chi connectivity index (χ1) is 11.3. The molecule has 0 heterocycles. The Kier molecular flexibility index (Phi) is 6.29. The summed E-state index contributed by atoms with van der Waals surface area (Å²) in [6, 6.07) is 9.39. The van der Waals surface area contributed by atoms with Gasteiger partial charge in [-0.25, -0.2) is 0 Å². The van der Waals surface area contributed by atoms with Gasteiger partial charge in [0.25, 0.3) is 0 Å². The largest absolute Gasteiger partial charge is 0.496 e. The van der Waals surface area contributed by atoms with Gasteiger partial charge in [0.05, 0.1) is 22.5 Å². The maximum Gasteiger partial charge on any atom is 0.221 e. The highest BCUT2D eigenvalue weighted by Gasteiger charge is 2.14. The van der Waals surface area contributed by atoms with E-state index in [0.717, 1.165) is 25.8 Å². The highest BCUT2D eigenvalue weighted by Crippen LogP contribution is 2.39. The molecule has 0 unspecified atom stereocenters. The highest BCUT2D eigenvalue weighted by molar-refractivity contribution is 9.11. The molecule has 0 saturated heterocycles. The number of hydrogen-bond acceptors (Lipinski definition) is 3. The Labute approximate surface area is 158 Å². The average molecular weight is 457 g/mol. The lowest BCUT2D eigenvalue weighted by Gasteiger charge is -2.16. The van der Waals surface area contributed by atoms with E-state index in [4.69, 9.17) is 15.2 Å². The fourth-order valence-corrected chi connectivity index (χ4v) is 3.80. The van der Waals surface area contributed by atoms with Crippen molar-refractivity contribution in [3.63, 3.8) is 0 Å². The summed E-state index contributed by atoms with van der Waals surface area (Å²) in [6.07, 6.45) is 0.178. The fraction of sp³-hybridized carbons (Fsp3) is 0.278. The molecular weight excluding hydrogens is 438 g/mol. The molecule has 2 N–H and O–H groups in total. The first kappa shape index (κ1) is 18.8. The lowest BCUT2D eigenvalue weighted by atomic mass is 10.0. The van der Waals surface area contributed by atoms with Crippen LogP contribution in [0.25, 0.3) is 0 Å². The van der Waals surface area contributed by atoms with Crippen LogP contribution in [0.5, 0.6) is 17.2 Å². The molecule has 0 aliphatic rings. The van der Waals surface area contributed by atoms with Crippen molar-refractivity contribution in [2.24, 2.45) is 5.73 Å². The molecule has 2 aromatic rings. The third-order valence-corrected chi connectivity index (χ3v) is 4.66. The minimum Gasteiger partial charge on any atom is -0.496 e. The second-order valence-electron chi connectivity index (χ2n) is 5.69. The summed E-state index contributed by atoms with van der Waals surface area (Å²) in [7, 11) is 1.66. The Morgan fingerprint density at radius 1 is 1.17 bits per heavy atom. The van der Waals surface area contributed by atoms with Gasteiger partial charge in [-0.2, -0.15) is 0 Å². The molecular formula is C18H19Br2NO3. The fourth-order valence-electron chi connectivity index (χ4n) is 2.36. The summed E-state index contributed by atoms with van der Waals surface area (Å²) in [6.45, 7) is 4.21. The Morgan fingerprint density at radius 3 is 2.29 bits per heavy atom. The zero-order chi connectivity index (χ0) is 17.9.